The topological polar surface area (TPSA) is 90.9 Å². The zero-order chi connectivity index (χ0) is 24.5. The van der Waals surface area contributed by atoms with Crippen LogP contribution in [0, 0.1) is 0 Å². The van der Waals surface area contributed by atoms with Crippen molar-refractivity contribution in [3.63, 3.8) is 0 Å². The van der Waals surface area contributed by atoms with E-state index >= 15 is 0 Å². The molecule has 2 amide bonds. The van der Waals surface area contributed by atoms with Crippen LogP contribution in [0.15, 0.2) is 78.9 Å². The van der Waals surface area contributed by atoms with Gasteiger partial charge < -0.3 is 10.1 Å². The third-order valence-corrected chi connectivity index (χ3v) is 5.91. The van der Waals surface area contributed by atoms with Crippen molar-refractivity contribution in [2.24, 2.45) is 0 Å². The Morgan fingerprint density at radius 2 is 1.49 bits per heavy atom. The number of ether oxygens (including phenoxy) is 1. The van der Waals surface area contributed by atoms with Crippen molar-refractivity contribution in [3.8, 4) is 0 Å². The van der Waals surface area contributed by atoms with Gasteiger partial charge in [-0.05, 0) is 34.4 Å². The zero-order valence-corrected chi connectivity index (χ0v) is 19.4. The van der Waals surface area contributed by atoms with Crippen molar-refractivity contribution >= 4 is 24.0 Å². The molecular formula is C28H29N3O4. The second-order valence-electron chi connectivity index (χ2n) is 8.38. The molecule has 35 heavy (non-hydrogen) atoms. The Morgan fingerprint density at radius 1 is 0.886 bits per heavy atom. The van der Waals surface area contributed by atoms with Gasteiger partial charge in [0.1, 0.15) is 6.04 Å². The van der Waals surface area contributed by atoms with E-state index in [0.717, 1.165) is 44.0 Å². The van der Waals surface area contributed by atoms with Crippen LogP contribution in [0.1, 0.15) is 38.7 Å². The number of benzene rings is 3. The highest BCUT2D eigenvalue weighted by Crippen LogP contribution is 2.16. The number of carbonyl (C=O) groups excluding carboxylic acids is 2. The summed E-state index contributed by atoms with van der Waals surface area (Å²) in [4.78, 5) is 27.2. The molecule has 7 heteroatoms. The van der Waals surface area contributed by atoms with Crippen molar-refractivity contribution < 1.29 is 19.5 Å². The average molecular weight is 472 g/mol. The van der Waals surface area contributed by atoms with Crippen molar-refractivity contribution in [2.45, 2.75) is 12.6 Å². The largest absolute Gasteiger partial charge is 0.379 e. The van der Waals surface area contributed by atoms with Crippen molar-refractivity contribution in [2.75, 3.05) is 26.3 Å². The Labute approximate surface area is 205 Å². The van der Waals surface area contributed by atoms with Crippen LogP contribution in [0.5, 0.6) is 0 Å². The molecule has 1 fully saturated rings. The number of nitrogens with zero attached hydrogens (tertiary/aromatic N) is 1. The molecule has 3 N–H and O–H groups in total. The van der Waals surface area contributed by atoms with E-state index in [9.17, 15) is 9.59 Å². The highest BCUT2D eigenvalue weighted by atomic mass is 16.5. The lowest BCUT2D eigenvalue weighted by Gasteiger charge is -2.26. The van der Waals surface area contributed by atoms with Gasteiger partial charge in [0.25, 0.3) is 11.8 Å². The van der Waals surface area contributed by atoms with Gasteiger partial charge in [0.15, 0.2) is 0 Å². The maximum absolute atomic E-state index is 12.7. The number of morpholine rings is 1. The van der Waals surface area contributed by atoms with Crippen LogP contribution < -0.4 is 10.8 Å². The summed E-state index contributed by atoms with van der Waals surface area (Å²) in [7, 11) is 0. The Kier molecular flexibility index (Phi) is 8.40. The minimum Gasteiger partial charge on any atom is -0.379 e. The lowest BCUT2D eigenvalue weighted by atomic mass is 10.0. The van der Waals surface area contributed by atoms with Gasteiger partial charge in [0, 0.05) is 25.2 Å². The quantitative estimate of drug-likeness (QED) is 0.265. The molecule has 1 aliphatic rings. The van der Waals surface area contributed by atoms with Crippen molar-refractivity contribution in [3.05, 3.63) is 107 Å². The summed E-state index contributed by atoms with van der Waals surface area (Å²) in [5, 5.41) is 11.7. The summed E-state index contributed by atoms with van der Waals surface area (Å²) in [5.41, 5.74) is 5.93. The molecular weight excluding hydrogens is 442 g/mol. The number of carbonyl (C=O) groups is 2. The number of hydroxylamine groups is 1. The van der Waals surface area contributed by atoms with E-state index in [2.05, 4.69) is 34.5 Å². The van der Waals surface area contributed by atoms with Gasteiger partial charge in [0.2, 0.25) is 0 Å². The van der Waals surface area contributed by atoms with Crippen LogP contribution in [-0.4, -0.2) is 48.2 Å². The predicted molar refractivity (Wildman–Crippen MR) is 134 cm³/mol. The molecule has 3 aromatic carbocycles. The van der Waals surface area contributed by atoms with Crippen LogP contribution >= 0.6 is 0 Å². The fraction of sp³-hybridized carbons (Fsp3) is 0.214. The first-order valence-electron chi connectivity index (χ1n) is 11.6. The van der Waals surface area contributed by atoms with Gasteiger partial charge in [-0.15, -0.1) is 0 Å². The molecule has 1 atom stereocenters. The minimum atomic E-state index is -1.00. The van der Waals surface area contributed by atoms with Gasteiger partial charge in [-0.2, -0.15) is 0 Å². The van der Waals surface area contributed by atoms with E-state index in [0.29, 0.717) is 11.1 Å². The molecule has 180 valence electrons. The van der Waals surface area contributed by atoms with E-state index in [1.165, 1.54) is 5.56 Å². The molecule has 0 unspecified atom stereocenters. The molecule has 0 radical (unpaired) electrons. The lowest BCUT2D eigenvalue weighted by Crippen LogP contribution is -2.39. The maximum Gasteiger partial charge on any atom is 0.270 e. The highest BCUT2D eigenvalue weighted by Gasteiger charge is 2.22. The predicted octanol–water partition coefficient (Wildman–Crippen LogP) is 3.67. The van der Waals surface area contributed by atoms with E-state index in [-0.39, 0.29) is 0 Å². The first kappa shape index (κ1) is 24.3. The number of amides is 2. The molecule has 0 bridgehead atoms. The molecule has 7 nitrogen and oxygen atoms in total. The molecule has 3 aromatic rings. The average Bonchev–Trinajstić information content (AvgIpc) is 2.92. The van der Waals surface area contributed by atoms with E-state index in [1.807, 2.05) is 30.4 Å². The van der Waals surface area contributed by atoms with E-state index < -0.39 is 17.9 Å². The molecule has 4 rings (SSSR count). The summed E-state index contributed by atoms with van der Waals surface area (Å²) in [6.07, 6.45) is 4.02. The molecule has 1 heterocycles. The third-order valence-electron chi connectivity index (χ3n) is 5.91. The van der Waals surface area contributed by atoms with Crippen LogP contribution in [0.25, 0.3) is 12.2 Å². The first-order chi connectivity index (χ1) is 17.1. The second-order valence-corrected chi connectivity index (χ2v) is 8.38. The van der Waals surface area contributed by atoms with Gasteiger partial charge in [-0.1, -0.05) is 78.9 Å². The smallest absolute Gasteiger partial charge is 0.270 e. The summed E-state index contributed by atoms with van der Waals surface area (Å²) in [5.74, 6) is -1.12. The Morgan fingerprint density at radius 3 is 2.09 bits per heavy atom. The normalized spacial score (nSPS) is 15.0. The molecule has 1 saturated heterocycles. The molecule has 0 saturated carbocycles. The standard InChI is InChI=1S/C28H29N3O4/c32-27(29-26(28(33)30-34)24-4-2-1-3-5-24)25-14-12-22(13-15-25)7-6-21-8-10-23(11-9-21)20-31-16-18-35-19-17-31/h1-15,26,34H,16-20H2,(H,29,32)(H,30,33)/b7-6+/t26-/m0/s1. The summed E-state index contributed by atoms with van der Waals surface area (Å²) in [6, 6.07) is 23.4. The molecule has 1 aliphatic heterocycles. The van der Waals surface area contributed by atoms with Crippen LogP contribution in [0.2, 0.25) is 0 Å². The van der Waals surface area contributed by atoms with Crippen molar-refractivity contribution in [1.29, 1.82) is 0 Å². The fourth-order valence-corrected chi connectivity index (χ4v) is 3.91. The fourth-order valence-electron chi connectivity index (χ4n) is 3.91. The van der Waals surface area contributed by atoms with Gasteiger partial charge in [-0.3, -0.25) is 19.7 Å². The number of hydrogen-bond acceptors (Lipinski definition) is 5. The minimum absolute atomic E-state index is 0.408. The zero-order valence-electron chi connectivity index (χ0n) is 19.4. The number of nitrogens with one attached hydrogen (secondary N) is 2. The third kappa shape index (κ3) is 6.86. The maximum atomic E-state index is 12.7. The van der Waals surface area contributed by atoms with E-state index in [1.54, 1.807) is 41.9 Å². The number of hydrogen-bond donors (Lipinski definition) is 3. The Balaban J connectivity index is 1.35. The van der Waals surface area contributed by atoms with Gasteiger partial charge >= 0.3 is 0 Å². The Hall–Kier alpha value is -3.78. The monoisotopic (exact) mass is 471 g/mol. The summed E-state index contributed by atoms with van der Waals surface area (Å²) < 4.78 is 5.40. The first-order valence-corrected chi connectivity index (χ1v) is 11.6. The van der Waals surface area contributed by atoms with E-state index in [4.69, 9.17) is 9.94 Å². The highest BCUT2D eigenvalue weighted by molar-refractivity contribution is 5.97. The molecule has 0 spiro atoms. The summed E-state index contributed by atoms with van der Waals surface area (Å²) in [6.45, 7) is 4.47. The van der Waals surface area contributed by atoms with Gasteiger partial charge in [-0.25, -0.2) is 5.48 Å². The Bertz CT molecular complexity index is 1140. The SMILES string of the molecule is O=C(N[C@H](C(=O)NO)c1ccccc1)c1ccc(/C=C/c2ccc(CN3CCOCC3)cc2)cc1. The summed E-state index contributed by atoms with van der Waals surface area (Å²) >= 11 is 0. The molecule has 0 aliphatic carbocycles. The lowest BCUT2D eigenvalue weighted by molar-refractivity contribution is -0.131. The van der Waals surface area contributed by atoms with Crippen molar-refractivity contribution in [1.82, 2.24) is 15.7 Å². The van der Waals surface area contributed by atoms with Gasteiger partial charge in [0.05, 0.1) is 13.2 Å². The van der Waals surface area contributed by atoms with Crippen LogP contribution in [0.3, 0.4) is 0 Å². The second kappa shape index (κ2) is 12.1. The van der Waals surface area contributed by atoms with Crippen LogP contribution in [0.4, 0.5) is 0 Å². The molecule has 0 aromatic heterocycles. The van der Waals surface area contributed by atoms with Crippen LogP contribution in [-0.2, 0) is 16.1 Å². The number of rotatable bonds is 8.